The fraction of sp³-hybridized carbons (Fsp3) is 0.558. The van der Waals surface area contributed by atoms with Crippen LogP contribution in [-0.2, 0) is 28.6 Å². The van der Waals surface area contributed by atoms with E-state index >= 15 is 0 Å². The van der Waals surface area contributed by atoms with Crippen LogP contribution in [0.4, 0.5) is 0 Å². The molecule has 1 unspecified atom stereocenters. The summed E-state index contributed by atoms with van der Waals surface area (Å²) >= 11 is 0. The van der Waals surface area contributed by atoms with Crippen LogP contribution in [0.1, 0.15) is 168 Å². The van der Waals surface area contributed by atoms with Crippen molar-refractivity contribution in [3.8, 4) is 0 Å². The highest BCUT2D eigenvalue weighted by atomic mass is 16.6. The van der Waals surface area contributed by atoms with Gasteiger partial charge in [0.1, 0.15) is 13.2 Å². The Kier molecular flexibility index (Phi) is 42.2. The van der Waals surface area contributed by atoms with Gasteiger partial charge in [0.2, 0.25) is 0 Å². The molecule has 0 aliphatic heterocycles. The van der Waals surface area contributed by atoms with Gasteiger partial charge in [0.25, 0.3) is 0 Å². The lowest BCUT2D eigenvalue weighted by atomic mass is 10.1. The summed E-state index contributed by atoms with van der Waals surface area (Å²) in [5.41, 5.74) is 0. The molecule has 6 nitrogen and oxygen atoms in total. The molecule has 0 rings (SSSR count). The molecule has 0 fully saturated rings. The number of carbonyl (C=O) groups is 3. The number of carbonyl (C=O) groups excluding carboxylic acids is 3. The van der Waals surface area contributed by atoms with Crippen LogP contribution in [0.2, 0.25) is 0 Å². The minimum Gasteiger partial charge on any atom is -0.462 e. The monoisotopic (exact) mass is 801 g/mol. The van der Waals surface area contributed by atoms with Gasteiger partial charge in [0.05, 0.1) is 0 Å². The van der Waals surface area contributed by atoms with Gasteiger partial charge in [-0.15, -0.1) is 0 Å². The average molecular weight is 801 g/mol. The first-order valence-electron chi connectivity index (χ1n) is 22.6. The summed E-state index contributed by atoms with van der Waals surface area (Å²) < 4.78 is 16.6. The van der Waals surface area contributed by atoms with E-state index in [-0.39, 0.29) is 44.0 Å². The molecule has 58 heavy (non-hydrogen) atoms. The summed E-state index contributed by atoms with van der Waals surface area (Å²) in [6.07, 6.45) is 61.9. The first kappa shape index (κ1) is 53.8. The first-order chi connectivity index (χ1) is 28.5. The number of ether oxygens (including phenoxy) is 3. The van der Waals surface area contributed by atoms with Crippen molar-refractivity contribution in [2.45, 2.75) is 175 Å². The molecule has 0 aromatic heterocycles. The van der Waals surface area contributed by atoms with Crippen LogP contribution in [-0.4, -0.2) is 37.2 Å². The van der Waals surface area contributed by atoms with E-state index in [0.29, 0.717) is 19.3 Å². The van der Waals surface area contributed by atoms with E-state index < -0.39 is 6.10 Å². The van der Waals surface area contributed by atoms with Gasteiger partial charge >= 0.3 is 17.9 Å². The minimum absolute atomic E-state index is 0.122. The third-order valence-corrected chi connectivity index (χ3v) is 8.78. The third-order valence-electron chi connectivity index (χ3n) is 8.78. The minimum atomic E-state index is -0.827. The van der Waals surface area contributed by atoms with Crippen LogP contribution in [0.25, 0.3) is 0 Å². The van der Waals surface area contributed by atoms with Crippen molar-refractivity contribution in [3.05, 3.63) is 122 Å². The molecule has 6 heteroatoms. The van der Waals surface area contributed by atoms with Gasteiger partial charge in [-0.25, -0.2) is 0 Å². The van der Waals surface area contributed by atoms with E-state index in [4.69, 9.17) is 14.2 Å². The lowest BCUT2D eigenvalue weighted by Crippen LogP contribution is -2.30. The van der Waals surface area contributed by atoms with E-state index in [2.05, 4.69) is 106 Å². The molecule has 324 valence electrons. The average Bonchev–Trinajstić information content (AvgIpc) is 3.22. The predicted molar refractivity (Wildman–Crippen MR) is 246 cm³/mol. The zero-order valence-corrected chi connectivity index (χ0v) is 36.8. The quantitative estimate of drug-likeness (QED) is 0.0203. The summed E-state index contributed by atoms with van der Waals surface area (Å²) in [6, 6.07) is 0. The second-order valence-corrected chi connectivity index (χ2v) is 14.3. The molecule has 0 radical (unpaired) electrons. The number of allylic oxidation sites excluding steroid dienone is 20. The maximum absolute atomic E-state index is 12.7. The van der Waals surface area contributed by atoms with Crippen molar-refractivity contribution >= 4 is 17.9 Å². The summed E-state index contributed by atoms with van der Waals surface area (Å²) in [5.74, 6) is -1.05. The van der Waals surface area contributed by atoms with Gasteiger partial charge in [-0.3, -0.25) is 14.4 Å². The molecule has 0 saturated heterocycles. The van der Waals surface area contributed by atoms with Crippen LogP contribution in [0.5, 0.6) is 0 Å². The normalized spacial score (nSPS) is 13.2. The Morgan fingerprint density at radius 3 is 1.34 bits per heavy atom. The Labute approximate surface area is 354 Å². The van der Waals surface area contributed by atoms with E-state index in [1.54, 1.807) is 0 Å². The number of hydrogen-bond acceptors (Lipinski definition) is 6. The SMILES string of the molecule is CC\C=C/C=C\C=C/C=C\CCCCCC(=O)OC(COC(=O)CCC/C=C\C/C=C\C/C=C\C/C=C\C/C=C\CC)COC(=O)CCCCCC/C=C\CCCC. The van der Waals surface area contributed by atoms with Crippen molar-refractivity contribution in [3.63, 3.8) is 0 Å². The molecule has 1 atom stereocenters. The zero-order chi connectivity index (χ0) is 42.3. The van der Waals surface area contributed by atoms with E-state index in [1.807, 2.05) is 36.5 Å². The Hall–Kier alpha value is -4.19. The maximum Gasteiger partial charge on any atom is 0.306 e. The standard InChI is InChI=1S/C52H80O6/c1-4-7-10-13-16-19-22-24-25-26-27-29-30-33-36-39-42-45-51(54)57-48-49(47-56-50(53)44-41-38-35-32-21-18-15-12-9-6-3)58-52(55)46-43-40-37-34-31-28-23-20-17-14-11-8-5-2/h7-8,10-11,14-20,23-25,27-29,31,33,36,49H,4-6,9,12-13,21-22,26,30,32,34-35,37-48H2,1-3H3/b10-7-,11-8-,17-14-,18-15-,19-16-,23-20-,25-24-,29-27-,31-28-,36-33-. The molecule has 0 saturated carbocycles. The molecular weight excluding hydrogens is 721 g/mol. The van der Waals surface area contributed by atoms with Crippen molar-refractivity contribution in [2.24, 2.45) is 0 Å². The fourth-order valence-corrected chi connectivity index (χ4v) is 5.41. The Morgan fingerprint density at radius 2 is 0.776 bits per heavy atom. The van der Waals surface area contributed by atoms with Crippen molar-refractivity contribution in [1.82, 2.24) is 0 Å². The second kappa shape index (κ2) is 45.5. The predicted octanol–water partition coefficient (Wildman–Crippen LogP) is 14.6. The molecule has 0 amide bonds. The highest BCUT2D eigenvalue weighted by Gasteiger charge is 2.19. The molecular formula is C52H80O6. The van der Waals surface area contributed by atoms with Gasteiger partial charge in [0, 0.05) is 19.3 Å². The maximum atomic E-state index is 12.7. The smallest absolute Gasteiger partial charge is 0.306 e. The van der Waals surface area contributed by atoms with Crippen LogP contribution < -0.4 is 0 Å². The largest absolute Gasteiger partial charge is 0.462 e. The molecule has 0 bridgehead atoms. The highest BCUT2D eigenvalue weighted by Crippen LogP contribution is 2.11. The summed E-state index contributed by atoms with van der Waals surface area (Å²) in [4.78, 5) is 37.7. The van der Waals surface area contributed by atoms with Gasteiger partial charge in [0.15, 0.2) is 6.10 Å². The second-order valence-electron chi connectivity index (χ2n) is 14.3. The van der Waals surface area contributed by atoms with E-state index in [9.17, 15) is 14.4 Å². The van der Waals surface area contributed by atoms with E-state index in [0.717, 1.165) is 103 Å². The van der Waals surface area contributed by atoms with Crippen molar-refractivity contribution in [1.29, 1.82) is 0 Å². The van der Waals surface area contributed by atoms with Crippen LogP contribution >= 0.6 is 0 Å². The van der Waals surface area contributed by atoms with Crippen molar-refractivity contribution in [2.75, 3.05) is 13.2 Å². The number of hydrogen-bond donors (Lipinski definition) is 0. The summed E-state index contributed by atoms with van der Waals surface area (Å²) in [7, 11) is 0. The Balaban J connectivity index is 4.57. The fourth-order valence-electron chi connectivity index (χ4n) is 5.41. The zero-order valence-electron chi connectivity index (χ0n) is 36.8. The van der Waals surface area contributed by atoms with Gasteiger partial charge < -0.3 is 14.2 Å². The molecule has 0 N–H and O–H groups in total. The van der Waals surface area contributed by atoms with Gasteiger partial charge in [-0.2, -0.15) is 0 Å². The molecule has 0 spiro atoms. The summed E-state index contributed by atoms with van der Waals surface area (Å²) in [5, 5.41) is 0. The van der Waals surface area contributed by atoms with Gasteiger partial charge in [-0.05, 0) is 96.3 Å². The lowest BCUT2D eigenvalue weighted by molar-refractivity contribution is -0.167. The number of unbranched alkanes of at least 4 members (excludes halogenated alkanes) is 10. The summed E-state index contributed by atoms with van der Waals surface area (Å²) in [6.45, 7) is 6.20. The molecule has 0 aromatic carbocycles. The third kappa shape index (κ3) is 42.9. The van der Waals surface area contributed by atoms with E-state index in [1.165, 1.54) is 12.8 Å². The number of esters is 3. The Morgan fingerprint density at radius 1 is 0.379 bits per heavy atom. The lowest BCUT2D eigenvalue weighted by Gasteiger charge is -2.18. The highest BCUT2D eigenvalue weighted by molar-refractivity contribution is 5.71. The Bertz CT molecular complexity index is 1290. The van der Waals surface area contributed by atoms with Crippen LogP contribution in [0.15, 0.2) is 122 Å². The topological polar surface area (TPSA) is 78.9 Å². The first-order valence-corrected chi connectivity index (χ1v) is 22.6. The van der Waals surface area contributed by atoms with Crippen LogP contribution in [0, 0.1) is 0 Å². The number of rotatable bonds is 38. The molecule has 0 aliphatic carbocycles. The molecule has 0 heterocycles. The van der Waals surface area contributed by atoms with Crippen LogP contribution in [0.3, 0.4) is 0 Å². The molecule has 0 aromatic rings. The molecule has 0 aliphatic rings. The van der Waals surface area contributed by atoms with Gasteiger partial charge in [-0.1, -0.05) is 174 Å². The van der Waals surface area contributed by atoms with Crippen molar-refractivity contribution < 1.29 is 28.6 Å².